The summed E-state index contributed by atoms with van der Waals surface area (Å²) in [5.74, 6) is 0.653. The highest BCUT2D eigenvalue weighted by atomic mass is 16.5. The van der Waals surface area contributed by atoms with Gasteiger partial charge in [0.15, 0.2) is 0 Å². The zero-order valence-corrected chi connectivity index (χ0v) is 15.2. The van der Waals surface area contributed by atoms with E-state index in [1.165, 1.54) is 17.6 Å². The van der Waals surface area contributed by atoms with Crippen LogP contribution in [0.5, 0.6) is 11.5 Å². The molecule has 2 N–H and O–H groups in total. The van der Waals surface area contributed by atoms with Crippen LogP contribution in [0, 0.1) is 6.92 Å². The average Bonchev–Trinajstić information content (AvgIpc) is 2.69. The highest BCUT2D eigenvalue weighted by Gasteiger charge is 2.04. The fraction of sp³-hybridized carbons (Fsp3) is 0.143. The number of carbonyl (C=O) groups excluding carboxylic acids is 1. The summed E-state index contributed by atoms with van der Waals surface area (Å²) < 4.78 is 16.5. The van der Waals surface area contributed by atoms with Crippen molar-refractivity contribution >= 4 is 23.0 Å². The molecule has 0 spiro atoms. The first-order chi connectivity index (χ1) is 13.5. The molecule has 3 rings (SSSR count). The molecule has 0 aliphatic heterocycles. The van der Waals surface area contributed by atoms with Crippen LogP contribution in [0.3, 0.4) is 0 Å². The molecule has 0 saturated carbocycles. The van der Waals surface area contributed by atoms with Crippen LogP contribution in [0.25, 0.3) is 17.0 Å². The molecule has 3 aromatic rings. The topological polar surface area (TPSA) is 98.0 Å². The summed E-state index contributed by atoms with van der Waals surface area (Å²) in [6.07, 6.45) is 2.79. The summed E-state index contributed by atoms with van der Waals surface area (Å²) in [7, 11) is 0. The van der Waals surface area contributed by atoms with Gasteiger partial charge in [0.05, 0.1) is 0 Å². The Morgan fingerprint density at radius 3 is 2.46 bits per heavy atom. The third-order valence-electron chi connectivity index (χ3n) is 3.96. The van der Waals surface area contributed by atoms with Crippen molar-refractivity contribution in [3.63, 3.8) is 0 Å². The number of nitrogens with one attached hydrogen (secondary N) is 1. The second-order valence-electron chi connectivity index (χ2n) is 5.98. The van der Waals surface area contributed by atoms with Crippen molar-refractivity contribution in [3.05, 3.63) is 76.2 Å². The van der Waals surface area contributed by atoms with Crippen LogP contribution in [0.1, 0.15) is 11.1 Å². The number of aryl methyl sites for hydroxylation is 1. The van der Waals surface area contributed by atoms with Gasteiger partial charge in [0.2, 0.25) is 0 Å². The molecule has 144 valence electrons. The van der Waals surface area contributed by atoms with Crippen molar-refractivity contribution in [1.82, 2.24) is 5.48 Å². The zero-order chi connectivity index (χ0) is 19.9. The van der Waals surface area contributed by atoms with Crippen molar-refractivity contribution in [3.8, 4) is 11.5 Å². The number of carbonyl (C=O) groups is 1. The second-order valence-corrected chi connectivity index (χ2v) is 5.98. The lowest BCUT2D eigenvalue weighted by Crippen LogP contribution is -2.14. The molecule has 0 radical (unpaired) electrons. The Morgan fingerprint density at radius 1 is 1.07 bits per heavy atom. The highest BCUT2D eigenvalue weighted by molar-refractivity contribution is 5.90. The lowest BCUT2D eigenvalue weighted by molar-refractivity contribution is -0.124. The molecule has 0 aliphatic carbocycles. The number of amides is 1. The van der Waals surface area contributed by atoms with Gasteiger partial charge in [0.1, 0.15) is 30.3 Å². The summed E-state index contributed by atoms with van der Waals surface area (Å²) in [6.45, 7) is 2.51. The van der Waals surface area contributed by atoms with Gasteiger partial charge in [-0.2, -0.15) is 0 Å². The molecule has 0 atom stereocenters. The van der Waals surface area contributed by atoms with Crippen LogP contribution in [0.15, 0.2) is 63.8 Å². The highest BCUT2D eigenvalue weighted by Crippen LogP contribution is 2.22. The third kappa shape index (κ3) is 4.99. The molecule has 0 bridgehead atoms. The molecule has 2 aromatic carbocycles. The fourth-order valence-electron chi connectivity index (χ4n) is 2.60. The number of hydrogen-bond acceptors (Lipinski definition) is 6. The standard InChI is InChI=1S/C21H19NO6/c1-14-12-21(24)28-19-13-17(7-8-18(14)19)27-11-10-26-16-5-2-15(3-6-16)4-9-20(23)22-25/h2-9,12-13,25H,10-11H2,1H3,(H,22,23)/b9-4+. The quantitative estimate of drug-likeness (QED) is 0.215. The minimum Gasteiger partial charge on any atom is -0.490 e. The SMILES string of the molecule is Cc1cc(=O)oc2cc(OCCOc3ccc(/C=C/C(=O)NO)cc3)ccc12. The summed E-state index contributed by atoms with van der Waals surface area (Å²) in [5.41, 5.74) is 3.27. The van der Waals surface area contributed by atoms with Crippen molar-refractivity contribution in [1.29, 1.82) is 0 Å². The summed E-state index contributed by atoms with van der Waals surface area (Å²) in [6, 6.07) is 13.9. The van der Waals surface area contributed by atoms with Gasteiger partial charge in [-0.15, -0.1) is 0 Å². The molecule has 1 amide bonds. The number of fused-ring (bicyclic) bond motifs is 1. The molecule has 0 saturated heterocycles. The minimum absolute atomic E-state index is 0.319. The van der Waals surface area contributed by atoms with Gasteiger partial charge in [-0.25, -0.2) is 10.3 Å². The maximum absolute atomic E-state index is 11.5. The molecular formula is C21H19NO6. The van der Waals surface area contributed by atoms with Crippen LogP contribution in [0.2, 0.25) is 0 Å². The predicted octanol–water partition coefficient (Wildman–Crippen LogP) is 3.08. The largest absolute Gasteiger partial charge is 0.490 e. The molecule has 7 nitrogen and oxygen atoms in total. The monoisotopic (exact) mass is 381 g/mol. The molecule has 1 aromatic heterocycles. The predicted molar refractivity (Wildman–Crippen MR) is 104 cm³/mol. The van der Waals surface area contributed by atoms with E-state index in [1.807, 2.05) is 19.1 Å². The molecule has 1 heterocycles. The smallest absolute Gasteiger partial charge is 0.336 e. The number of hydroxylamine groups is 1. The van der Waals surface area contributed by atoms with E-state index >= 15 is 0 Å². The van der Waals surface area contributed by atoms with Gasteiger partial charge in [-0.05, 0) is 48.4 Å². The Morgan fingerprint density at radius 2 is 1.75 bits per heavy atom. The number of ether oxygens (including phenoxy) is 2. The number of hydrogen-bond donors (Lipinski definition) is 2. The Balaban J connectivity index is 1.52. The third-order valence-corrected chi connectivity index (χ3v) is 3.96. The Labute approximate surface area is 160 Å². The fourth-order valence-corrected chi connectivity index (χ4v) is 2.60. The van der Waals surface area contributed by atoms with Crippen molar-refractivity contribution < 1.29 is 23.9 Å². The molecule has 28 heavy (non-hydrogen) atoms. The van der Waals surface area contributed by atoms with Gasteiger partial charge in [0.25, 0.3) is 5.91 Å². The average molecular weight is 381 g/mol. The van der Waals surface area contributed by atoms with E-state index in [1.54, 1.807) is 36.4 Å². The first-order valence-electron chi connectivity index (χ1n) is 8.57. The molecule has 0 unspecified atom stereocenters. The summed E-state index contributed by atoms with van der Waals surface area (Å²) in [4.78, 5) is 22.4. The van der Waals surface area contributed by atoms with Gasteiger partial charge in [-0.3, -0.25) is 10.0 Å². The van der Waals surface area contributed by atoms with E-state index in [2.05, 4.69) is 0 Å². The first kappa shape index (κ1) is 19.2. The second kappa shape index (κ2) is 8.88. The lowest BCUT2D eigenvalue weighted by Gasteiger charge is -2.09. The Hall–Kier alpha value is -3.58. The summed E-state index contributed by atoms with van der Waals surface area (Å²) >= 11 is 0. The maximum Gasteiger partial charge on any atom is 0.336 e. The van der Waals surface area contributed by atoms with Crippen LogP contribution in [-0.4, -0.2) is 24.3 Å². The van der Waals surface area contributed by atoms with Gasteiger partial charge in [0, 0.05) is 23.6 Å². The maximum atomic E-state index is 11.5. The van der Waals surface area contributed by atoms with E-state index < -0.39 is 5.91 Å². The van der Waals surface area contributed by atoms with Crippen molar-refractivity contribution in [2.45, 2.75) is 6.92 Å². The molecule has 0 aliphatic rings. The Kier molecular flexibility index (Phi) is 6.08. The molecular weight excluding hydrogens is 362 g/mol. The van der Waals surface area contributed by atoms with E-state index in [4.69, 9.17) is 19.1 Å². The van der Waals surface area contributed by atoms with Crippen LogP contribution >= 0.6 is 0 Å². The van der Waals surface area contributed by atoms with Crippen LogP contribution < -0.4 is 20.6 Å². The van der Waals surface area contributed by atoms with E-state index in [9.17, 15) is 9.59 Å². The van der Waals surface area contributed by atoms with Gasteiger partial charge in [-0.1, -0.05) is 12.1 Å². The Bertz CT molecular complexity index is 1050. The normalized spacial score (nSPS) is 10.9. The van der Waals surface area contributed by atoms with Crippen LogP contribution in [0.4, 0.5) is 0 Å². The van der Waals surface area contributed by atoms with E-state index in [0.29, 0.717) is 30.3 Å². The number of rotatable bonds is 7. The zero-order valence-electron chi connectivity index (χ0n) is 15.2. The van der Waals surface area contributed by atoms with Crippen molar-refractivity contribution in [2.24, 2.45) is 0 Å². The summed E-state index contributed by atoms with van der Waals surface area (Å²) in [5, 5.41) is 9.30. The molecule has 7 heteroatoms. The first-order valence-corrected chi connectivity index (χ1v) is 8.57. The molecule has 0 fully saturated rings. The van der Waals surface area contributed by atoms with E-state index in [-0.39, 0.29) is 5.63 Å². The minimum atomic E-state index is -0.597. The van der Waals surface area contributed by atoms with Crippen molar-refractivity contribution in [2.75, 3.05) is 13.2 Å². The van der Waals surface area contributed by atoms with Crippen LogP contribution in [-0.2, 0) is 4.79 Å². The van der Waals surface area contributed by atoms with Gasteiger partial charge >= 0.3 is 5.63 Å². The van der Waals surface area contributed by atoms with Gasteiger partial charge < -0.3 is 13.9 Å². The lowest BCUT2D eigenvalue weighted by atomic mass is 10.1. The number of benzene rings is 2. The van der Waals surface area contributed by atoms with E-state index in [0.717, 1.165) is 16.5 Å².